The van der Waals surface area contributed by atoms with Gasteiger partial charge in [0.15, 0.2) is 11.6 Å². The summed E-state index contributed by atoms with van der Waals surface area (Å²) in [5.41, 5.74) is 0.665. The van der Waals surface area contributed by atoms with Crippen LogP contribution < -0.4 is 4.74 Å². The molecule has 0 aliphatic heterocycles. The molecule has 23 heavy (non-hydrogen) atoms. The molecule has 0 heterocycles. The average molecular weight is 405 g/mol. The van der Waals surface area contributed by atoms with Crippen LogP contribution in [0.3, 0.4) is 0 Å². The first-order valence-electron chi connectivity index (χ1n) is 6.56. The van der Waals surface area contributed by atoms with Crippen LogP contribution in [0.15, 0.2) is 34.8 Å². The second kappa shape index (κ2) is 7.27. The standard InChI is InChI=1S/C16H13BrClF2NO2/c1-21(8-9-5-10(17)3-4-15(9)23-2)16(22)11-6-13(19)14(20)7-12(11)18/h3-7H,8H2,1-2H3. The average Bonchev–Trinajstić information content (AvgIpc) is 2.50. The fourth-order valence-electron chi connectivity index (χ4n) is 2.09. The molecule has 2 aromatic carbocycles. The highest BCUT2D eigenvalue weighted by atomic mass is 79.9. The zero-order chi connectivity index (χ0) is 17.1. The Bertz CT molecular complexity index is 755. The number of benzene rings is 2. The Labute approximate surface area is 145 Å². The van der Waals surface area contributed by atoms with E-state index in [1.54, 1.807) is 13.1 Å². The Morgan fingerprint density at radius 1 is 1.26 bits per heavy atom. The van der Waals surface area contributed by atoms with E-state index in [0.29, 0.717) is 5.75 Å². The van der Waals surface area contributed by atoms with Crippen LogP contribution in [0, 0.1) is 11.6 Å². The van der Waals surface area contributed by atoms with Crippen LogP contribution in [0.5, 0.6) is 5.75 Å². The molecule has 0 atom stereocenters. The Morgan fingerprint density at radius 2 is 1.91 bits per heavy atom. The van der Waals surface area contributed by atoms with Crippen LogP contribution in [0.25, 0.3) is 0 Å². The number of halogens is 4. The van der Waals surface area contributed by atoms with E-state index in [-0.39, 0.29) is 17.1 Å². The lowest BCUT2D eigenvalue weighted by molar-refractivity contribution is 0.0783. The molecule has 0 unspecified atom stereocenters. The highest BCUT2D eigenvalue weighted by Crippen LogP contribution is 2.26. The molecule has 0 saturated carbocycles. The molecular formula is C16H13BrClF2NO2. The van der Waals surface area contributed by atoms with Gasteiger partial charge < -0.3 is 9.64 Å². The van der Waals surface area contributed by atoms with Crippen LogP contribution in [0.1, 0.15) is 15.9 Å². The van der Waals surface area contributed by atoms with E-state index in [1.165, 1.54) is 12.0 Å². The summed E-state index contributed by atoms with van der Waals surface area (Å²) in [6.45, 7) is 0.219. The van der Waals surface area contributed by atoms with Gasteiger partial charge in [0.2, 0.25) is 0 Å². The maximum absolute atomic E-state index is 13.4. The minimum Gasteiger partial charge on any atom is -0.496 e. The number of hydrogen-bond donors (Lipinski definition) is 0. The van der Waals surface area contributed by atoms with Gasteiger partial charge in [0.25, 0.3) is 5.91 Å². The number of methoxy groups -OCH3 is 1. The van der Waals surface area contributed by atoms with E-state index in [4.69, 9.17) is 16.3 Å². The summed E-state index contributed by atoms with van der Waals surface area (Å²) in [4.78, 5) is 13.8. The first-order valence-corrected chi connectivity index (χ1v) is 7.73. The van der Waals surface area contributed by atoms with Gasteiger partial charge in [-0.1, -0.05) is 27.5 Å². The normalized spacial score (nSPS) is 10.5. The van der Waals surface area contributed by atoms with Crippen molar-refractivity contribution in [2.24, 2.45) is 0 Å². The first-order chi connectivity index (χ1) is 10.8. The second-order valence-electron chi connectivity index (χ2n) is 4.86. The molecule has 3 nitrogen and oxygen atoms in total. The number of hydrogen-bond acceptors (Lipinski definition) is 2. The van der Waals surface area contributed by atoms with Gasteiger partial charge in [0, 0.05) is 23.6 Å². The highest BCUT2D eigenvalue weighted by Gasteiger charge is 2.19. The third kappa shape index (κ3) is 4.00. The number of nitrogens with zero attached hydrogens (tertiary/aromatic N) is 1. The van der Waals surface area contributed by atoms with Crippen molar-refractivity contribution in [2.75, 3.05) is 14.2 Å². The van der Waals surface area contributed by atoms with Crippen LogP contribution in [-0.2, 0) is 6.54 Å². The Hall–Kier alpha value is -1.66. The van der Waals surface area contributed by atoms with Crippen molar-refractivity contribution < 1.29 is 18.3 Å². The largest absolute Gasteiger partial charge is 0.496 e. The van der Waals surface area contributed by atoms with Gasteiger partial charge in [0.1, 0.15) is 5.75 Å². The lowest BCUT2D eigenvalue weighted by atomic mass is 10.1. The van der Waals surface area contributed by atoms with E-state index in [9.17, 15) is 13.6 Å². The maximum atomic E-state index is 13.4. The molecule has 0 spiro atoms. The number of rotatable bonds is 4. The Kier molecular flexibility index (Phi) is 5.59. The van der Waals surface area contributed by atoms with Gasteiger partial charge in [-0.3, -0.25) is 4.79 Å². The third-order valence-corrected chi connectivity index (χ3v) is 4.04. The number of ether oxygens (including phenoxy) is 1. The van der Waals surface area contributed by atoms with Gasteiger partial charge >= 0.3 is 0 Å². The lowest BCUT2D eigenvalue weighted by Gasteiger charge is -2.20. The van der Waals surface area contributed by atoms with Gasteiger partial charge in [-0.25, -0.2) is 8.78 Å². The zero-order valence-corrected chi connectivity index (χ0v) is 14.7. The smallest absolute Gasteiger partial charge is 0.255 e. The fraction of sp³-hybridized carbons (Fsp3) is 0.188. The first kappa shape index (κ1) is 17.7. The third-order valence-electron chi connectivity index (χ3n) is 3.24. The molecule has 0 aliphatic rings. The number of carbonyl (C=O) groups excluding carboxylic acids is 1. The van der Waals surface area contributed by atoms with E-state index in [1.807, 2.05) is 12.1 Å². The molecule has 2 aromatic rings. The van der Waals surface area contributed by atoms with Crippen LogP contribution in [0.2, 0.25) is 5.02 Å². The van der Waals surface area contributed by atoms with Crippen LogP contribution in [0.4, 0.5) is 8.78 Å². The predicted octanol–water partition coefficient (Wildman–Crippen LogP) is 4.66. The van der Waals surface area contributed by atoms with E-state index < -0.39 is 17.5 Å². The molecule has 0 aliphatic carbocycles. The predicted molar refractivity (Wildman–Crippen MR) is 87.9 cm³/mol. The topological polar surface area (TPSA) is 29.5 Å². The van der Waals surface area contributed by atoms with Crippen molar-refractivity contribution in [1.29, 1.82) is 0 Å². The van der Waals surface area contributed by atoms with Crippen LogP contribution >= 0.6 is 27.5 Å². The van der Waals surface area contributed by atoms with E-state index >= 15 is 0 Å². The summed E-state index contributed by atoms with van der Waals surface area (Å²) in [7, 11) is 3.07. The molecule has 2 rings (SSSR count). The molecule has 7 heteroatoms. The minimum absolute atomic E-state index is 0.0953. The second-order valence-corrected chi connectivity index (χ2v) is 6.19. The molecule has 0 saturated heterocycles. The van der Waals surface area contributed by atoms with Crippen LogP contribution in [-0.4, -0.2) is 25.0 Å². The number of amides is 1. The number of carbonyl (C=O) groups is 1. The molecule has 1 amide bonds. The summed E-state index contributed by atoms with van der Waals surface area (Å²) >= 11 is 9.20. The summed E-state index contributed by atoms with van der Waals surface area (Å²) in [5, 5.41) is -0.137. The van der Waals surface area contributed by atoms with Gasteiger partial charge in [-0.05, 0) is 30.3 Å². The lowest BCUT2D eigenvalue weighted by Crippen LogP contribution is -2.27. The van der Waals surface area contributed by atoms with Crippen molar-refractivity contribution in [3.8, 4) is 5.75 Å². The maximum Gasteiger partial charge on any atom is 0.255 e. The van der Waals surface area contributed by atoms with Crippen molar-refractivity contribution in [1.82, 2.24) is 4.90 Å². The molecular weight excluding hydrogens is 392 g/mol. The summed E-state index contributed by atoms with van der Waals surface area (Å²) in [6.07, 6.45) is 0. The Morgan fingerprint density at radius 3 is 2.57 bits per heavy atom. The molecule has 0 aromatic heterocycles. The van der Waals surface area contributed by atoms with E-state index in [0.717, 1.165) is 22.2 Å². The van der Waals surface area contributed by atoms with Gasteiger partial charge in [-0.15, -0.1) is 0 Å². The van der Waals surface area contributed by atoms with Crippen molar-refractivity contribution in [3.05, 3.63) is 62.6 Å². The summed E-state index contributed by atoms with van der Waals surface area (Å²) in [5.74, 6) is -2.12. The minimum atomic E-state index is -1.12. The van der Waals surface area contributed by atoms with Crippen molar-refractivity contribution in [2.45, 2.75) is 6.54 Å². The SMILES string of the molecule is COc1ccc(Br)cc1CN(C)C(=O)c1cc(F)c(F)cc1Cl. The summed E-state index contributed by atoms with van der Waals surface area (Å²) < 4.78 is 32.5. The monoisotopic (exact) mass is 403 g/mol. The molecule has 122 valence electrons. The van der Waals surface area contributed by atoms with Gasteiger partial charge in [-0.2, -0.15) is 0 Å². The van der Waals surface area contributed by atoms with Gasteiger partial charge in [0.05, 0.1) is 17.7 Å². The molecule has 0 radical (unpaired) electrons. The summed E-state index contributed by atoms with van der Waals surface area (Å²) in [6, 6.07) is 6.99. The highest BCUT2D eigenvalue weighted by molar-refractivity contribution is 9.10. The molecule has 0 N–H and O–H groups in total. The molecule has 0 fully saturated rings. The van der Waals surface area contributed by atoms with E-state index in [2.05, 4.69) is 15.9 Å². The van der Waals surface area contributed by atoms with Crippen molar-refractivity contribution in [3.63, 3.8) is 0 Å². The quantitative estimate of drug-likeness (QED) is 0.694. The fourth-order valence-corrected chi connectivity index (χ4v) is 2.73. The molecule has 0 bridgehead atoms. The van der Waals surface area contributed by atoms with Crippen molar-refractivity contribution >= 4 is 33.4 Å². The zero-order valence-electron chi connectivity index (χ0n) is 12.4. The Balaban J connectivity index is 2.27.